The van der Waals surface area contributed by atoms with E-state index in [1.54, 1.807) is 12.4 Å². The van der Waals surface area contributed by atoms with Crippen LogP contribution in [-0.2, 0) is 16.0 Å². The standard InChI is InChI=1S/C26H31NO5/c1-15-19-7-10-26(4)23(25(19,3)9-8-20(15)30-16(2)28)12-18-22(32-26)13-21(31-24(18)29)17-6-5-11-27-14-17/h5-6,11,13-15,19-20,23H,7-10,12H2,1-4H3/t15-,19+,20+,23-,25+,26-/m1/s1. The Morgan fingerprint density at radius 2 is 2.06 bits per heavy atom. The molecule has 2 aromatic rings. The Bertz CT molecular complexity index is 1100. The molecule has 6 heteroatoms. The summed E-state index contributed by atoms with van der Waals surface area (Å²) in [6, 6.07) is 5.55. The molecule has 5 rings (SSSR count). The summed E-state index contributed by atoms with van der Waals surface area (Å²) < 4.78 is 18.0. The normalized spacial score (nSPS) is 35.6. The van der Waals surface area contributed by atoms with E-state index in [4.69, 9.17) is 13.9 Å². The fourth-order valence-corrected chi connectivity index (χ4v) is 6.93. The number of fused-ring (bicyclic) bond motifs is 4. The fraction of sp³-hybridized carbons (Fsp3) is 0.577. The van der Waals surface area contributed by atoms with Crippen molar-refractivity contribution in [3.8, 4) is 17.1 Å². The third-order valence-corrected chi connectivity index (χ3v) is 8.54. The van der Waals surface area contributed by atoms with Gasteiger partial charge in [0.25, 0.3) is 0 Å². The summed E-state index contributed by atoms with van der Waals surface area (Å²) in [4.78, 5) is 28.7. The van der Waals surface area contributed by atoms with E-state index in [0.717, 1.165) is 31.2 Å². The van der Waals surface area contributed by atoms with E-state index in [2.05, 4.69) is 25.8 Å². The molecule has 2 aliphatic carbocycles. The van der Waals surface area contributed by atoms with Gasteiger partial charge < -0.3 is 13.9 Å². The van der Waals surface area contributed by atoms with E-state index in [0.29, 0.717) is 29.4 Å². The predicted octanol–water partition coefficient (Wildman–Crippen LogP) is 4.79. The molecule has 0 radical (unpaired) electrons. The Morgan fingerprint density at radius 1 is 1.25 bits per heavy atom. The zero-order valence-corrected chi connectivity index (χ0v) is 19.2. The van der Waals surface area contributed by atoms with Crippen molar-refractivity contribution in [1.82, 2.24) is 4.98 Å². The number of carbonyl (C=O) groups excluding carboxylic acids is 1. The quantitative estimate of drug-likeness (QED) is 0.629. The highest BCUT2D eigenvalue weighted by Crippen LogP contribution is 2.61. The van der Waals surface area contributed by atoms with Crippen molar-refractivity contribution >= 4 is 5.97 Å². The highest BCUT2D eigenvalue weighted by Gasteiger charge is 2.60. The van der Waals surface area contributed by atoms with Crippen LogP contribution in [0.15, 0.2) is 39.8 Å². The fourth-order valence-electron chi connectivity index (χ4n) is 6.93. The second kappa shape index (κ2) is 7.46. The number of ether oxygens (including phenoxy) is 2. The second-order valence-electron chi connectivity index (χ2n) is 10.4. The summed E-state index contributed by atoms with van der Waals surface area (Å²) in [6.07, 6.45) is 7.75. The summed E-state index contributed by atoms with van der Waals surface area (Å²) in [6.45, 7) is 8.25. The molecule has 0 spiro atoms. The number of rotatable bonds is 2. The minimum Gasteiger partial charge on any atom is -0.487 e. The van der Waals surface area contributed by atoms with Gasteiger partial charge in [-0.05, 0) is 68.4 Å². The van der Waals surface area contributed by atoms with Crippen molar-refractivity contribution in [2.45, 2.75) is 71.5 Å². The number of aromatic nitrogens is 1. The molecule has 3 heterocycles. The molecule has 0 saturated heterocycles. The first-order valence-electron chi connectivity index (χ1n) is 11.6. The van der Waals surface area contributed by atoms with Gasteiger partial charge in [-0.1, -0.05) is 13.8 Å². The minimum absolute atomic E-state index is 0.00914. The molecule has 0 bridgehead atoms. The maximum Gasteiger partial charge on any atom is 0.343 e. The van der Waals surface area contributed by atoms with E-state index in [1.807, 2.05) is 18.2 Å². The molecule has 6 atom stereocenters. The Balaban J connectivity index is 1.50. The lowest BCUT2D eigenvalue weighted by Gasteiger charge is -2.61. The van der Waals surface area contributed by atoms with Crippen LogP contribution in [0.1, 0.15) is 58.9 Å². The summed E-state index contributed by atoms with van der Waals surface area (Å²) in [5.74, 6) is 1.83. The van der Waals surface area contributed by atoms with Crippen molar-refractivity contribution in [3.63, 3.8) is 0 Å². The molecule has 2 fully saturated rings. The molecule has 2 saturated carbocycles. The molecular weight excluding hydrogens is 406 g/mol. The van der Waals surface area contributed by atoms with Crippen molar-refractivity contribution < 1.29 is 18.7 Å². The van der Waals surface area contributed by atoms with Gasteiger partial charge in [0.15, 0.2) is 0 Å². The van der Waals surface area contributed by atoms with Gasteiger partial charge in [-0.3, -0.25) is 9.78 Å². The average Bonchev–Trinajstić information content (AvgIpc) is 2.75. The first kappa shape index (κ1) is 21.2. The van der Waals surface area contributed by atoms with Gasteiger partial charge in [-0.2, -0.15) is 0 Å². The van der Waals surface area contributed by atoms with Gasteiger partial charge >= 0.3 is 11.6 Å². The number of pyridine rings is 1. The SMILES string of the molecule is CC(=O)O[C@H]1CC[C@]2(C)[C@H]3Cc4c(cc(-c5cccnc5)oc4=O)O[C@]3(C)CC[C@H]2[C@H]1C. The predicted molar refractivity (Wildman–Crippen MR) is 119 cm³/mol. The van der Waals surface area contributed by atoms with Crippen LogP contribution in [0.5, 0.6) is 5.75 Å². The minimum atomic E-state index is -0.341. The topological polar surface area (TPSA) is 78.6 Å². The maximum absolute atomic E-state index is 13.0. The number of hydrogen-bond donors (Lipinski definition) is 0. The van der Waals surface area contributed by atoms with Crippen molar-refractivity contribution in [1.29, 1.82) is 0 Å². The van der Waals surface area contributed by atoms with Gasteiger partial charge in [0, 0.05) is 36.9 Å². The van der Waals surface area contributed by atoms with E-state index in [9.17, 15) is 9.59 Å². The first-order valence-corrected chi connectivity index (χ1v) is 11.6. The number of hydrogen-bond acceptors (Lipinski definition) is 6. The maximum atomic E-state index is 13.0. The summed E-state index contributed by atoms with van der Waals surface area (Å²) in [5, 5.41) is 0. The third-order valence-electron chi connectivity index (χ3n) is 8.54. The largest absolute Gasteiger partial charge is 0.487 e. The molecule has 0 aromatic carbocycles. The smallest absolute Gasteiger partial charge is 0.343 e. The molecular formula is C26H31NO5. The van der Waals surface area contributed by atoms with Gasteiger partial charge in [-0.25, -0.2) is 4.79 Å². The second-order valence-corrected chi connectivity index (χ2v) is 10.4. The lowest BCUT2D eigenvalue weighted by Crippen LogP contribution is -2.62. The Hall–Kier alpha value is -2.63. The van der Waals surface area contributed by atoms with Crippen LogP contribution in [0, 0.1) is 23.2 Å². The molecule has 1 aliphatic heterocycles. The molecule has 2 aromatic heterocycles. The third kappa shape index (κ3) is 3.26. The van der Waals surface area contributed by atoms with Gasteiger partial charge in [0.05, 0.1) is 5.56 Å². The van der Waals surface area contributed by atoms with Crippen LogP contribution in [0.4, 0.5) is 0 Å². The van der Waals surface area contributed by atoms with Crippen LogP contribution in [-0.4, -0.2) is 22.7 Å². The lowest BCUT2D eigenvalue weighted by atomic mass is 9.47. The van der Waals surface area contributed by atoms with E-state index < -0.39 is 0 Å². The molecule has 0 amide bonds. The van der Waals surface area contributed by atoms with Gasteiger partial charge in [-0.15, -0.1) is 0 Å². The molecule has 0 N–H and O–H groups in total. The van der Waals surface area contributed by atoms with Crippen LogP contribution in [0.3, 0.4) is 0 Å². The van der Waals surface area contributed by atoms with E-state index >= 15 is 0 Å². The van der Waals surface area contributed by atoms with Crippen LogP contribution in [0.2, 0.25) is 0 Å². The zero-order chi connectivity index (χ0) is 22.7. The molecule has 0 unspecified atom stereocenters. The monoisotopic (exact) mass is 437 g/mol. The number of esters is 1. The Kier molecular flexibility index (Phi) is 4.95. The highest BCUT2D eigenvalue weighted by molar-refractivity contribution is 5.66. The molecule has 32 heavy (non-hydrogen) atoms. The number of carbonyl (C=O) groups is 1. The lowest BCUT2D eigenvalue weighted by molar-refractivity contribution is -0.180. The van der Waals surface area contributed by atoms with Crippen molar-refractivity contribution in [2.75, 3.05) is 0 Å². The van der Waals surface area contributed by atoms with Crippen LogP contribution >= 0.6 is 0 Å². The highest BCUT2D eigenvalue weighted by atomic mass is 16.5. The molecule has 170 valence electrons. The molecule has 6 nitrogen and oxygen atoms in total. The van der Waals surface area contributed by atoms with Crippen molar-refractivity contribution in [3.05, 3.63) is 46.6 Å². The number of nitrogens with zero attached hydrogens (tertiary/aromatic N) is 1. The van der Waals surface area contributed by atoms with E-state index in [-0.39, 0.29) is 40.6 Å². The van der Waals surface area contributed by atoms with Gasteiger partial charge in [0.2, 0.25) is 0 Å². The first-order chi connectivity index (χ1) is 15.2. The van der Waals surface area contributed by atoms with Crippen LogP contribution in [0.25, 0.3) is 11.3 Å². The van der Waals surface area contributed by atoms with E-state index in [1.165, 1.54) is 6.92 Å². The van der Waals surface area contributed by atoms with Gasteiger partial charge in [0.1, 0.15) is 23.2 Å². The Morgan fingerprint density at radius 3 is 2.78 bits per heavy atom. The van der Waals surface area contributed by atoms with Crippen molar-refractivity contribution in [2.24, 2.45) is 23.2 Å². The summed E-state index contributed by atoms with van der Waals surface area (Å²) in [5.41, 5.74) is 0.741. The zero-order valence-electron chi connectivity index (χ0n) is 19.2. The average molecular weight is 438 g/mol. The molecule has 3 aliphatic rings. The van der Waals surface area contributed by atoms with Crippen LogP contribution < -0.4 is 10.4 Å². The Labute approximate surface area is 188 Å². The summed E-state index contributed by atoms with van der Waals surface area (Å²) >= 11 is 0. The summed E-state index contributed by atoms with van der Waals surface area (Å²) in [7, 11) is 0.